The summed E-state index contributed by atoms with van der Waals surface area (Å²) in [7, 11) is 0. The molecule has 0 aromatic heterocycles. The number of hydrogen-bond donors (Lipinski definition) is 1. The van der Waals surface area contributed by atoms with E-state index in [1.807, 2.05) is 0 Å². The normalized spacial score (nSPS) is 17.5. The van der Waals surface area contributed by atoms with Crippen LogP contribution in [-0.4, -0.2) is 23.4 Å². The van der Waals surface area contributed by atoms with Crippen molar-refractivity contribution in [1.82, 2.24) is 0 Å². The van der Waals surface area contributed by atoms with Gasteiger partial charge in [-0.15, -0.1) is 0 Å². The summed E-state index contributed by atoms with van der Waals surface area (Å²) in [6.45, 7) is -0.441. The van der Waals surface area contributed by atoms with Gasteiger partial charge in [-0.25, -0.2) is 4.79 Å². The van der Waals surface area contributed by atoms with E-state index in [0.29, 0.717) is 0 Å². The van der Waals surface area contributed by atoms with E-state index in [4.69, 9.17) is 21.4 Å². The Bertz CT molecular complexity index is 642. The molecule has 0 amide bonds. The first kappa shape index (κ1) is 15.3. The first-order chi connectivity index (χ1) is 9.74. The Labute approximate surface area is 120 Å². The van der Waals surface area contributed by atoms with Gasteiger partial charge in [0.05, 0.1) is 5.57 Å². The van der Waals surface area contributed by atoms with Crippen molar-refractivity contribution < 1.29 is 27.8 Å². The standard InChI is InChI=1S/C12H7ClF3NO4/c13-7-1-5-3-8(11(18)19)10(12(14,15)16)21-9(5)6(2-7)4-17-20/h1-3,10H,4H2,(H,18,19)/t10-/m0/s1. The average molecular weight is 322 g/mol. The lowest BCUT2D eigenvalue weighted by atomic mass is 9.99. The number of rotatable bonds is 3. The summed E-state index contributed by atoms with van der Waals surface area (Å²) in [5.74, 6) is -2.00. The highest BCUT2D eigenvalue weighted by molar-refractivity contribution is 6.30. The minimum absolute atomic E-state index is 0.0547. The molecule has 1 atom stereocenters. The molecule has 0 saturated heterocycles. The second-order valence-electron chi connectivity index (χ2n) is 4.21. The molecule has 1 aromatic carbocycles. The third kappa shape index (κ3) is 2.99. The number of benzene rings is 1. The van der Waals surface area contributed by atoms with E-state index in [1.54, 1.807) is 0 Å². The molecule has 0 unspecified atom stereocenters. The smallest absolute Gasteiger partial charge is 0.430 e. The predicted molar refractivity (Wildman–Crippen MR) is 67.0 cm³/mol. The average Bonchev–Trinajstić information content (AvgIpc) is 2.36. The molecule has 112 valence electrons. The number of hydrogen-bond acceptors (Lipinski definition) is 4. The van der Waals surface area contributed by atoms with Crippen LogP contribution in [0, 0.1) is 4.91 Å². The number of alkyl halides is 3. The molecule has 0 aliphatic carbocycles. The van der Waals surface area contributed by atoms with Gasteiger partial charge in [-0.3, -0.25) is 0 Å². The van der Waals surface area contributed by atoms with Gasteiger partial charge in [-0.05, 0) is 18.2 Å². The second-order valence-corrected chi connectivity index (χ2v) is 4.65. The Balaban J connectivity index is 2.62. The van der Waals surface area contributed by atoms with Crippen molar-refractivity contribution in [1.29, 1.82) is 0 Å². The lowest BCUT2D eigenvalue weighted by molar-refractivity contribution is -0.187. The van der Waals surface area contributed by atoms with Gasteiger partial charge in [0.1, 0.15) is 12.3 Å². The zero-order valence-corrected chi connectivity index (χ0v) is 10.9. The lowest BCUT2D eigenvalue weighted by Gasteiger charge is -2.28. The summed E-state index contributed by atoms with van der Waals surface area (Å²) in [6, 6.07) is 2.50. The van der Waals surface area contributed by atoms with Crippen LogP contribution in [0.5, 0.6) is 5.75 Å². The molecule has 9 heteroatoms. The molecule has 0 fully saturated rings. The largest absolute Gasteiger partial charge is 0.478 e. The highest BCUT2D eigenvalue weighted by atomic mass is 35.5. The van der Waals surface area contributed by atoms with E-state index in [2.05, 4.69) is 5.18 Å². The highest BCUT2D eigenvalue weighted by Gasteiger charge is 2.48. The maximum absolute atomic E-state index is 12.9. The third-order valence-electron chi connectivity index (χ3n) is 2.77. The maximum Gasteiger partial charge on any atom is 0.430 e. The summed E-state index contributed by atoms with van der Waals surface area (Å²) >= 11 is 5.77. The number of fused-ring (bicyclic) bond motifs is 1. The first-order valence-corrected chi connectivity index (χ1v) is 5.91. The van der Waals surface area contributed by atoms with E-state index in [-0.39, 0.29) is 21.9 Å². The molecule has 1 heterocycles. The van der Waals surface area contributed by atoms with Crippen LogP contribution in [0.2, 0.25) is 5.02 Å². The van der Waals surface area contributed by atoms with Gasteiger partial charge in [0.2, 0.25) is 6.10 Å². The van der Waals surface area contributed by atoms with Crippen LogP contribution in [-0.2, 0) is 11.3 Å². The summed E-state index contributed by atoms with van der Waals surface area (Å²) in [6.07, 6.45) is -6.69. The van der Waals surface area contributed by atoms with Gasteiger partial charge in [-0.1, -0.05) is 16.8 Å². The van der Waals surface area contributed by atoms with Crippen LogP contribution in [0.15, 0.2) is 22.9 Å². The molecule has 1 aromatic rings. The monoisotopic (exact) mass is 321 g/mol. The number of carbonyl (C=O) groups is 1. The fourth-order valence-electron chi connectivity index (χ4n) is 1.95. The number of aliphatic carboxylic acids is 1. The molecule has 2 rings (SSSR count). The zero-order valence-electron chi connectivity index (χ0n) is 10.1. The SMILES string of the molecule is O=NCc1cc(Cl)cc2c1O[C@H](C(F)(F)F)C(C(=O)O)=C2. The van der Waals surface area contributed by atoms with Crippen molar-refractivity contribution in [3.05, 3.63) is 38.8 Å². The van der Waals surface area contributed by atoms with Crippen LogP contribution >= 0.6 is 11.6 Å². The second kappa shape index (κ2) is 5.36. The number of ether oxygens (including phenoxy) is 1. The fourth-order valence-corrected chi connectivity index (χ4v) is 2.20. The molecular weight excluding hydrogens is 315 g/mol. The Morgan fingerprint density at radius 1 is 1.43 bits per heavy atom. The zero-order chi connectivity index (χ0) is 15.8. The van der Waals surface area contributed by atoms with Crippen LogP contribution in [0.1, 0.15) is 11.1 Å². The molecule has 5 nitrogen and oxygen atoms in total. The minimum atomic E-state index is -4.91. The number of nitrogens with zero attached hydrogens (tertiary/aromatic N) is 1. The first-order valence-electron chi connectivity index (χ1n) is 5.54. The van der Waals surface area contributed by atoms with Crippen LogP contribution in [0.3, 0.4) is 0 Å². The molecule has 1 N–H and O–H groups in total. The van der Waals surface area contributed by atoms with Crippen LogP contribution < -0.4 is 4.74 Å². The Hall–Kier alpha value is -2.09. The fraction of sp³-hybridized carbons (Fsp3) is 0.250. The van der Waals surface area contributed by atoms with Gasteiger partial charge in [0.15, 0.2) is 0 Å². The molecule has 1 aliphatic rings. The van der Waals surface area contributed by atoms with Crippen molar-refractivity contribution in [3.63, 3.8) is 0 Å². The van der Waals surface area contributed by atoms with E-state index >= 15 is 0 Å². The van der Waals surface area contributed by atoms with Crippen molar-refractivity contribution in [2.45, 2.75) is 18.8 Å². The molecular formula is C12H7ClF3NO4. The number of halogens is 4. The van der Waals surface area contributed by atoms with E-state index in [0.717, 1.165) is 6.08 Å². The number of carboxylic acids is 1. The Morgan fingerprint density at radius 2 is 2.10 bits per heavy atom. The topological polar surface area (TPSA) is 76.0 Å². The number of nitroso groups, excluding NO2 is 1. The molecule has 0 spiro atoms. The van der Waals surface area contributed by atoms with Crippen molar-refractivity contribution in [3.8, 4) is 5.75 Å². The summed E-state index contributed by atoms with van der Waals surface area (Å²) in [4.78, 5) is 21.3. The summed E-state index contributed by atoms with van der Waals surface area (Å²) < 4.78 is 43.5. The van der Waals surface area contributed by atoms with E-state index in [9.17, 15) is 22.9 Å². The maximum atomic E-state index is 12.9. The molecule has 1 aliphatic heterocycles. The Kier molecular flexibility index (Phi) is 3.91. The van der Waals surface area contributed by atoms with Gasteiger partial charge in [-0.2, -0.15) is 18.1 Å². The molecule has 0 saturated carbocycles. The van der Waals surface area contributed by atoms with Crippen LogP contribution in [0.25, 0.3) is 6.08 Å². The molecule has 21 heavy (non-hydrogen) atoms. The third-order valence-corrected chi connectivity index (χ3v) is 2.99. The predicted octanol–water partition coefficient (Wildman–Crippen LogP) is 3.40. The molecule has 0 bridgehead atoms. The van der Waals surface area contributed by atoms with Crippen molar-refractivity contribution >= 4 is 23.6 Å². The summed E-state index contributed by atoms with van der Waals surface area (Å²) in [5.41, 5.74) is -0.844. The number of carboxylic acid groups (broad SMARTS) is 1. The minimum Gasteiger partial charge on any atom is -0.478 e. The van der Waals surface area contributed by atoms with Crippen molar-refractivity contribution in [2.24, 2.45) is 5.18 Å². The highest BCUT2D eigenvalue weighted by Crippen LogP contribution is 2.40. The molecule has 0 radical (unpaired) electrons. The van der Waals surface area contributed by atoms with Crippen molar-refractivity contribution in [2.75, 3.05) is 0 Å². The Morgan fingerprint density at radius 3 is 2.62 bits per heavy atom. The van der Waals surface area contributed by atoms with Gasteiger partial charge in [0, 0.05) is 16.1 Å². The van der Waals surface area contributed by atoms with Gasteiger partial charge < -0.3 is 9.84 Å². The van der Waals surface area contributed by atoms with Gasteiger partial charge >= 0.3 is 12.1 Å². The lowest BCUT2D eigenvalue weighted by Crippen LogP contribution is -2.40. The van der Waals surface area contributed by atoms with Crippen LogP contribution in [0.4, 0.5) is 13.2 Å². The van der Waals surface area contributed by atoms with Gasteiger partial charge in [0.25, 0.3) is 0 Å². The summed E-state index contributed by atoms with van der Waals surface area (Å²) in [5, 5.41) is 11.6. The van der Waals surface area contributed by atoms with E-state index in [1.165, 1.54) is 12.1 Å². The quantitative estimate of drug-likeness (QED) is 0.866. The van der Waals surface area contributed by atoms with E-state index < -0.39 is 30.4 Å².